The maximum Gasteiger partial charge on any atom is 0.159 e. The van der Waals surface area contributed by atoms with Crippen LogP contribution in [-0.2, 0) is 0 Å². The minimum atomic E-state index is -0.902. The van der Waals surface area contributed by atoms with Crippen LogP contribution in [0.4, 0.5) is 8.78 Å². The first kappa shape index (κ1) is 19.3. The van der Waals surface area contributed by atoms with Gasteiger partial charge in [-0.15, -0.1) is 0 Å². The van der Waals surface area contributed by atoms with E-state index in [0.717, 1.165) is 51.2 Å². The molecule has 1 fully saturated rings. The Labute approximate surface area is 144 Å². The highest BCUT2D eigenvalue weighted by molar-refractivity contribution is 5.20. The van der Waals surface area contributed by atoms with Crippen LogP contribution < -0.4 is 0 Å². The van der Waals surface area contributed by atoms with Gasteiger partial charge in [-0.2, -0.15) is 0 Å². The Morgan fingerprint density at radius 2 is 1.96 bits per heavy atom. The molecule has 0 aromatic heterocycles. The number of likely N-dealkylation sites (tertiary alicyclic amines) is 1. The van der Waals surface area contributed by atoms with Gasteiger partial charge in [0.15, 0.2) is 11.6 Å². The van der Waals surface area contributed by atoms with Gasteiger partial charge >= 0.3 is 0 Å². The maximum atomic E-state index is 13.3. The summed E-state index contributed by atoms with van der Waals surface area (Å²) in [6.07, 6.45) is 3.95. The molecule has 1 aromatic carbocycles. The zero-order chi connectivity index (χ0) is 17.5. The fourth-order valence-electron chi connectivity index (χ4n) is 3.38. The number of unbranched alkanes of at least 4 members (excludes halogenated alkanes) is 1. The Hall–Kier alpha value is -1.04. The van der Waals surface area contributed by atoms with E-state index in [2.05, 4.69) is 23.8 Å². The SMILES string of the molecule is CCCCN(C)CC1CCN(CC(O)c2ccc(F)c(F)c2)CC1. The number of β-amino-alcohol motifs (C(OH)–C–C–N with tert-alkyl or cyclic N) is 1. The lowest BCUT2D eigenvalue weighted by molar-refractivity contribution is 0.0827. The Balaban J connectivity index is 1.75. The van der Waals surface area contributed by atoms with Crippen molar-refractivity contribution in [1.82, 2.24) is 9.80 Å². The van der Waals surface area contributed by atoms with E-state index in [1.54, 1.807) is 0 Å². The van der Waals surface area contributed by atoms with Gasteiger partial charge in [0.1, 0.15) is 0 Å². The predicted octanol–water partition coefficient (Wildman–Crippen LogP) is 3.44. The molecule has 1 aliphatic heterocycles. The molecule has 1 heterocycles. The molecule has 0 spiro atoms. The van der Waals surface area contributed by atoms with Crippen molar-refractivity contribution in [2.24, 2.45) is 5.92 Å². The van der Waals surface area contributed by atoms with Gasteiger partial charge in [0, 0.05) is 13.1 Å². The molecule has 136 valence electrons. The van der Waals surface area contributed by atoms with Crippen molar-refractivity contribution in [3.05, 3.63) is 35.4 Å². The van der Waals surface area contributed by atoms with Crippen LogP contribution in [0.3, 0.4) is 0 Å². The van der Waals surface area contributed by atoms with Gasteiger partial charge in [-0.3, -0.25) is 0 Å². The Morgan fingerprint density at radius 3 is 2.58 bits per heavy atom. The first-order valence-electron chi connectivity index (χ1n) is 9.03. The summed E-state index contributed by atoms with van der Waals surface area (Å²) >= 11 is 0. The zero-order valence-corrected chi connectivity index (χ0v) is 14.8. The van der Waals surface area contributed by atoms with Gasteiger partial charge in [-0.1, -0.05) is 19.4 Å². The van der Waals surface area contributed by atoms with E-state index in [9.17, 15) is 13.9 Å². The van der Waals surface area contributed by atoms with Gasteiger partial charge < -0.3 is 14.9 Å². The molecule has 0 bridgehead atoms. The molecule has 1 aliphatic rings. The molecule has 5 heteroatoms. The minimum absolute atomic E-state index is 0.440. The van der Waals surface area contributed by atoms with Gasteiger partial charge in [0.25, 0.3) is 0 Å². The number of nitrogens with zero attached hydrogens (tertiary/aromatic N) is 2. The summed E-state index contributed by atoms with van der Waals surface area (Å²) < 4.78 is 26.2. The summed E-state index contributed by atoms with van der Waals surface area (Å²) in [5.41, 5.74) is 0.440. The molecule has 1 aromatic rings. The first-order valence-corrected chi connectivity index (χ1v) is 9.03. The summed E-state index contributed by atoms with van der Waals surface area (Å²) in [5, 5.41) is 10.3. The second kappa shape index (κ2) is 9.44. The molecule has 0 aliphatic carbocycles. The van der Waals surface area contributed by atoms with Crippen LogP contribution in [-0.4, -0.2) is 54.7 Å². The number of hydrogen-bond acceptors (Lipinski definition) is 3. The number of piperidine rings is 1. The zero-order valence-electron chi connectivity index (χ0n) is 14.8. The predicted molar refractivity (Wildman–Crippen MR) is 92.9 cm³/mol. The molecule has 1 unspecified atom stereocenters. The van der Waals surface area contributed by atoms with Gasteiger partial charge in [-0.05, 0) is 69.6 Å². The fraction of sp³-hybridized carbons (Fsp3) is 0.684. The number of halogens is 2. The van der Waals surface area contributed by atoms with Gasteiger partial charge in [0.05, 0.1) is 6.10 Å². The van der Waals surface area contributed by atoms with Crippen molar-refractivity contribution in [3.8, 4) is 0 Å². The highest BCUT2D eigenvalue weighted by atomic mass is 19.2. The second-order valence-corrected chi connectivity index (χ2v) is 7.05. The first-order chi connectivity index (χ1) is 11.5. The topological polar surface area (TPSA) is 26.7 Å². The molecule has 24 heavy (non-hydrogen) atoms. The standard InChI is InChI=1S/C19H30F2N2O/c1-3-4-9-22(2)13-15-7-10-23(11-8-15)14-19(24)16-5-6-17(20)18(21)12-16/h5-6,12,15,19,24H,3-4,7-11,13-14H2,1-2H3. The van der Waals surface area contributed by atoms with Gasteiger partial charge in [-0.25, -0.2) is 8.78 Å². The van der Waals surface area contributed by atoms with E-state index in [1.807, 2.05) is 0 Å². The molecule has 3 nitrogen and oxygen atoms in total. The molecule has 1 atom stereocenters. The van der Waals surface area contributed by atoms with Crippen LogP contribution in [0.1, 0.15) is 44.3 Å². The minimum Gasteiger partial charge on any atom is -0.387 e. The van der Waals surface area contributed by atoms with E-state index in [-0.39, 0.29) is 0 Å². The lowest BCUT2D eigenvalue weighted by atomic mass is 9.95. The number of rotatable bonds is 8. The Kier molecular flexibility index (Phi) is 7.59. The summed E-state index contributed by atoms with van der Waals surface area (Å²) in [4.78, 5) is 4.63. The van der Waals surface area contributed by atoms with E-state index in [4.69, 9.17) is 0 Å². The number of aliphatic hydroxyl groups excluding tert-OH is 1. The Bertz CT molecular complexity index is 504. The van der Waals surface area contributed by atoms with E-state index in [1.165, 1.54) is 18.9 Å². The summed E-state index contributed by atoms with van der Waals surface area (Å²) in [6.45, 7) is 6.89. The normalized spacial score (nSPS) is 18.2. The number of benzene rings is 1. The average Bonchev–Trinajstić information content (AvgIpc) is 2.57. The molecular weight excluding hydrogens is 310 g/mol. The number of hydrogen-bond donors (Lipinski definition) is 1. The second-order valence-electron chi connectivity index (χ2n) is 7.05. The van der Waals surface area contributed by atoms with Crippen molar-refractivity contribution in [3.63, 3.8) is 0 Å². The van der Waals surface area contributed by atoms with Crippen LogP contribution in [0.2, 0.25) is 0 Å². The largest absolute Gasteiger partial charge is 0.387 e. The fourth-order valence-corrected chi connectivity index (χ4v) is 3.38. The molecular formula is C19H30F2N2O. The van der Waals surface area contributed by atoms with Crippen molar-refractivity contribution in [2.45, 2.75) is 38.7 Å². The van der Waals surface area contributed by atoms with E-state index < -0.39 is 17.7 Å². The Morgan fingerprint density at radius 1 is 1.25 bits per heavy atom. The molecule has 0 amide bonds. The summed E-state index contributed by atoms with van der Waals surface area (Å²) in [6, 6.07) is 3.63. The highest BCUT2D eigenvalue weighted by Crippen LogP contribution is 2.22. The van der Waals surface area contributed by atoms with Crippen molar-refractivity contribution >= 4 is 0 Å². The molecule has 1 saturated heterocycles. The third-order valence-electron chi connectivity index (χ3n) is 4.93. The molecule has 1 N–H and O–H groups in total. The van der Waals surface area contributed by atoms with Crippen molar-refractivity contribution in [1.29, 1.82) is 0 Å². The van der Waals surface area contributed by atoms with E-state index in [0.29, 0.717) is 18.0 Å². The maximum absolute atomic E-state index is 13.3. The van der Waals surface area contributed by atoms with Crippen LogP contribution in [0.5, 0.6) is 0 Å². The monoisotopic (exact) mass is 340 g/mol. The molecule has 0 saturated carbocycles. The van der Waals surface area contributed by atoms with Crippen LogP contribution in [0.25, 0.3) is 0 Å². The summed E-state index contributed by atoms with van der Waals surface area (Å²) in [5.74, 6) is -1.07. The van der Waals surface area contributed by atoms with Crippen LogP contribution in [0, 0.1) is 17.6 Å². The van der Waals surface area contributed by atoms with Crippen LogP contribution in [0.15, 0.2) is 18.2 Å². The number of aliphatic hydroxyl groups is 1. The highest BCUT2D eigenvalue weighted by Gasteiger charge is 2.22. The summed E-state index contributed by atoms with van der Waals surface area (Å²) in [7, 11) is 2.19. The van der Waals surface area contributed by atoms with E-state index >= 15 is 0 Å². The molecule has 2 rings (SSSR count). The third-order valence-corrected chi connectivity index (χ3v) is 4.93. The smallest absolute Gasteiger partial charge is 0.159 e. The van der Waals surface area contributed by atoms with Crippen molar-refractivity contribution in [2.75, 3.05) is 39.8 Å². The van der Waals surface area contributed by atoms with Crippen LogP contribution >= 0.6 is 0 Å². The average molecular weight is 340 g/mol. The van der Waals surface area contributed by atoms with Crippen molar-refractivity contribution < 1.29 is 13.9 Å². The third kappa shape index (κ3) is 5.80. The lowest BCUT2D eigenvalue weighted by Gasteiger charge is -2.35. The quantitative estimate of drug-likeness (QED) is 0.785. The lowest BCUT2D eigenvalue weighted by Crippen LogP contribution is -2.39. The molecule has 0 radical (unpaired) electrons. The van der Waals surface area contributed by atoms with Gasteiger partial charge in [0.2, 0.25) is 0 Å².